The highest BCUT2D eigenvalue weighted by molar-refractivity contribution is 7.88. The number of nitrogens with two attached hydrogens (primary N) is 1. The van der Waals surface area contributed by atoms with Crippen LogP contribution in [0.5, 0.6) is 0 Å². The predicted octanol–water partition coefficient (Wildman–Crippen LogP) is 0.538. The van der Waals surface area contributed by atoms with Crippen molar-refractivity contribution in [2.24, 2.45) is 0 Å². The SMILES string of the molecule is Cc1cc(N)cc(NCCNS(C)(=O)=O)c1. The fraction of sp³-hybridized carbons (Fsp3) is 0.400. The number of nitrogens with one attached hydrogen (secondary N) is 2. The molecule has 0 heterocycles. The van der Waals surface area contributed by atoms with E-state index < -0.39 is 10.0 Å². The predicted molar refractivity (Wildman–Crippen MR) is 66.9 cm³/mol. The van der Waals surface area contributed by atoms with Crippen molar-refractivity contribution in [3.8, 4) is 0 Å². The Morgan fingerprint density at radius 2 is 1.94 bits per heavy atom. The lowest BCUT2D eigenvalue weighted by Gasteiger charge is -2.08. The van der Waals surface area contributed by atoms with E-state index in [-0.39, 0.29) is 0 Å². The Balaban J connectivity index is 2.43. The molecule has 16 heavy (non-hydrogen) atoms. The summed E-state index contributed by atoms with van der Waals surface area (Å²) >= 11 is 0. The molecule has 0 aliphatic heterocycles. The average molecular weight is 243 g/mol. The van der Waals surface area contributed by atoms with Crippen molar-refractivity contribution in [1.82, 2.24) is 4.72 Å². The molecule has 5 nitrogen and oxygen atoms in total. The van der Waals surface area contributed by atoms with Gasteiger partial charge in [0.1, 0.15) is 0 Å². The lowest BCUT2D eigenvalue weighted by Crippen LogP contribution is -2.27. The number of rotatable bonds is 5. The third-order valence-electron chi connectivity index (χ3n) is 1.92. The van der Waals surface area contributed by atoms with Crippen LogP contribution in [0.3, 0.4) is 0 Å². The van der Waals surface area contributed by atoms with E-state index in [1.165, 1.54) is 0 Å². The van der Waals surface area contributed by atoms with Crippen molar-refractivity contribution < 1.29 is 8.42 Å². The number of benzene rings is 1. The minimum Gasteiger partial charge on any atom is -0.399 e. The van der Waals surface area contributed by atoms with Crippen molar-refractivity contribution in [3.05, 3.63) is 23.8 Å². The molecule has 0 atom stereocenters. The van der Waals surface area contributed by atoms with Gasteiger partial charge in [-0.05, 0) is 30.7 Å². The van der Waals surface area contributed by atoms with Crippen LogP contribution in [-0.4, -0.2) is 27.8 Å². The quantitative estimate of drug-likeness (QED) is 0.520. The highest BCUT2D eigenvalue weighted by Crippen LogP contribution is 2.15. The molecule has 4 N–H and O–H groups in total. The molecule has 0 saturated carbocycles. The van der Waals surface area contributed by atoms with Crippen molar-refractivity contribution in [3.63, 3.8) is 0 Å². The third kappa shape index (κ3) is 4.99. The number of hydrogen-bond acceptors (Lipinski definition) is 4. The van der Waals surface area contributed by atoms with Crippen molar-refractivity contribution >= 4 is 21.4 Å². The Morgan fingerprint density at radius 1 is 1.25 bits per heavy atom. The highest BCUT2D eigenvalue weighted by atomic mass is 32.2. The monoisotopic (exact) mass is 243 g/mol. The van der Waals surface area contributed by atoms with Gasteiger partial charge in [0.2, 0.25) is 10.0 Å². The highest BCUT2D eigenvalue weighted by Gasteiger charge is 1.99. The summed E-state index contributed by atoms with van der Waals surface area (Å²) in [5.74, 6) is 0. The first-order valence-corrected chi connectivity index (χ1v) is 6.81. The maximum absolute atomic E-state index is 10.8. The second kappa shape index (κ2) is 5.18. The fourth-order valence-electron chi connectivity index (χ4n) is 1.36. The first-order chi connectivity index (χ1) is 7.37. The Labute approximate surface area is 96.1 Å². The normalized spacial score (nSPS) is 11.4. The molecule has 0 fully saturated rings. The standard InChI is InChI=1S/C10H17N3O2S/c1-8-5-9(11)7-10(6-8)12-3-4-13-16(2,14)15/h5-7,12-13H,3-4,11H2,1-2H3. The maximum atomic E-state index is 10.8. The van der Waals surface area contributed by atoms with Crippen molar-refractivity contribution in [1.29, 1.82) is 0 Å². The second-order valence-corrected chi connectivity index (χ2v) is 5.56. The van der Waals surface area contributed by atoms with Crippen LogP contribution in [0.25, 0.3) is 0 Å². The summed E-state index contributed by atoms with van der Waals surface area (Å²) in [4.78, 5) is 0. The molecule has 0 aromatic heterocycles. The van der Waals surface area contributed by atoms with E-state index in [0.29, 0.717) is 18.8 Å². The number of aryl methyl sites for hydroxylation is 1. The van der Waals surface area contributed by atoms with E-state index in [9.17, 15) is 8.42 Å². The first-order valence-electron chi connectivity index (χ1n) is 4.92. The van der Waals surface area contributed by atoms with Gasteiger partial charge < -0.3 is 11.1 Å². The number of hydrogen-bond donors (Lipinski definition) is 3. The Morgan fingerprint density at radius 3 is 2.50 bits per heavy atom. The summed E-state index contributed by atoms with van der Waals surface area (Å²) in [6, 6.07) is 5.64. The van der Waals surface area contributed by atoms with E-state index in [1.54, 1.807) is 0 Å². The fourth-order valence-corrected chi connectivity index (χ4v) is 1.83. The van der Waals surface area contributed by atoms with Crippen LogP contribution in [0.1, 0.15) is 5.56 Å². The lowest BCUT2D eigenvalue weighted by atomic mass is 10.2. The molecular formula is C10H17N3O2S. The Bertz CT molecular complexity index is 437. The molecule has 6 heteroatoms. The van der Waals surface area contributed by atoms with Crippen LogP contribution in [0, 0.1) is 6.92 Å². The van der Waals surface area contributed by atoms with Gasteiger partial charge in [0.15, 0.2) is 0 Å². The number of nitrogen functional groups attached to an aromatic ring is 1. The molecular weight excluding hydrogens is 226 g/mol. The van der Waals surface area contributed by atoms with Gasteiger partial charge in [-0.25, -0.2) is 13.1 Å². The molecule has 0 bridgehead atoms. The van der Waals surface area contributed by atoms with Gasteiger partial charge in [-0.3, -0.25) is 0 Å². The zero-order chi connectivity index (χ0) is 12.2. The van der Waals surface area contributed by atoms with Gasteiger partial charge in [-0.1, -0.05) is 0 Å². The number of sulfonamides is 1. The van der Waals surface area contributed by atoms with E-state index in [2.05, 4.69) is 10.0 Å². The summed E-state index contributed by atoms with van der Waals surface area (Å²) < 4.78 is 24.0. The summed E-state index contributed by atoms with van der Waals surface area (Å²) in [7, 11) is -3.11. The first kappa shape index (κ1) is 12.8. The van der Waals surface area contributed by atoms with E-state index in [4.69, 9.17) is 5.73 Å². The van der Waals surface area contributed by atoms with E-state index in [1.807, 2.05) is 25.1 Å². The molecule has 90 valence electrons. The van der Waals surface area contributed by atoms with Crippen LogP contribution < -0.4 is 15.8 Å². The Hall–Kier alpha value is -1.27. The third-order valence-corrected chi connectivity index (χ3v) is 2.65. The lowest BCUT2D eigenvalue weighted by molar-refractivity contribution is 0.589. The van der Waals surface area contributed by atoms with Crippen molar-refractivity contribution in [2.75, 3.05) is 30.4 Å². The minimum atomic E-state index is -3.11. The zero-order valence-corrected chi connectivity index (χ0v) is 10.3. The van der Waals surface area contributed by atoms with Crippen molar-refractivity contribution in [2.45, 2.75) is 6.92 Å². The molecule has 1 rings (SSSR count). The molecule has 0 saturated heterocycles. The van der Waals surface area contributed by atoms with Gasteiger partial charge in [-0.15, -0.1) is 0 Å². The molecule has 0 radical (unpaired) electrons. The molecule has 0 amide bonds. The van der Waals surface area contributed by atoms with Gasteiger partial charge in [0.05, 0.1) is 6.26 Å². The van der Waals surface area contributed by atoms with Crippen LogP contribution in [-0.2, 0) is 10.0 Å². The van der Waals surface area contributed by atoms with Crippen LogP contribution >= 0.6 is 0 Å². The molecule has 0 spiro atoms. The van der Waals surface area contributed by atoms with Crippen LogP contribution in [0.4, 0.5) is 11.4 Å². The summed E-state index contributed by atoms with van der Waals surface area (Å²) in [5, 5.41) is 3.09. The summed E-state index contributed by atoms with van der Waals surface area (Å²) in [6.45, 7) is 2.83. The zero-order valence-electron chi connectivity index (χ0n) is 9.45. The average Bonchev–Trinajstić information content (AvgIpc) is 2.09. The topological polar surface area (TPSA) is 84.2 Å². The smallest absolute Gasteiger partial charge is 0.208 e. The summed E-state index contributed by atoms with van der Waals surface area (Å²) in [6.07, 6.45) is 1.14. The van der Waals surface area contributed by atoms with Gasteiger partial charge in [0.25, 0.3) is 0 Å². The van der Waals surface area contributed by atoms with Crippen LogP contribution in [0.15, 0.2) is 18.2 Å². The van der Waals surface area contributed by atoms with Gasteiger partial charge in [-0.2, -0.15) is 0 Å². The van der Waals surface area contributed by atoms with E-state index in [0.717, 1.165) is 17.5 Å². The molecule has 1 aromatic carbocycles. The Kier molecular flexibility index (Phi) is 4.14. The largest absolute Gasteiger partial charge is 0.399 e. The van der Waals surface area contributed by atoms with Gasteiger partial charge >= 0.3 is 0 Å². The van der Waals surface area contributed by atoms with Gasteiger partial charge in [0, 0.05) is 24.5 Å². The minimum absolute atomic E-state index is 0.354. The maximum Gasteiger partial charge on any atom is 0.208 e. The second-order valence-electron chi connectivity index (χ2n) is 3.73. The number of anilines is 2. The van der Waals surface area contributed by atoms with Crippen LogP contribution in [0.2, 0.25) is 0 Å². The van der Waals surface area contributed by atoms with E-state index >= 15 is 0 Å². The molecule has 0 unspecified atom stereocenters. The molecule has 0 aliphatic rings. The molecule has 0 aliphatic carbocycles. The molecule has 1 aromatic rings. The summed E-state index contributed by atoms with van der Waals surface area (Å²) in [5.41, 5.74) is 8.34.